The first kappa shape index (κ1) is 23.4. The van der Waals surface area contributed by atoms with Gasteiger partial charge in [0.2, 0.25) is 0 Å². The monoisotopic (exact) mass is 411 g/mol. The molecule has 1 atom stereocenters. The molecule has 1 amide bonds. The number of hydrogen-bond acceptors (Lipinski definition) is 4. The number of nitrogens with zero attached hydrogens (tertiary/aromatic N) is 1. The van der Waals surface area contributed by atoms with E-state index < -0.39 is 5.97 Å². The van der Waals surface area contributed by atoms with Crippen molar-refractivity contribution in [2.24, 2.45) is 16.3 Å². The van der Waals surface area contributed by atoms with Crippen molar-refractivity contribution in [2.45, 2.75) is 53.0 Å². The molecule has 0 radical (unpaired) electrons. The van der Waals surface area contributed by atoms with Crippen LogP contribution in [-0.4, -0.2) is 29.2 Å². The number of carbonyl (C=O) groups is 2. The summed E-state index contributed by atoms with van der Waals surface area (Å²) in [6.07, 6.45) is 5.99. The number of amides is 1. The third kappa shape index (κ3) is 6.87. The molecule has 1 aliphatic carbocycles. The number of carboxylic acid groups (broad SMARTS) is 1. The first-order chi connectivity index (χ1) is 14.1. The molecule has 2 rings (SSSR count). The van der Waals surface area contributed by atoms with Gasteiger partial charge in [-0.3, -0.25) is 9.59 Å². The van der Waals surface area contributed by atoms with Crippen LogP contribution in [0, 0.1) is 11.3 Å². The van der Waals surface area contributed by atoms with Gasteiger partial charge >= 0.3 is 5.97 Å². The van der Waals surface area contributed by atoms with Crippen LogP contribution in [0.5, 0.6) is 0 Å². The largest absolute Gasteiger partial charge is 0.481 e. The first-order valence-electron chi connectivity index (χ1n) is 10.3. The summed E-state index contributed by atoms with van der Waals surface area (Å²) in [7, 11) is 0. The van der Waals surface area contributed by atoms with Crippen molar-refractivity contribution >= 4 is 17.6 Å². The number of benzene rings is 1. The maximum Gasteiger partial charge on any atom is 0.305 e. The Morgan fingerprint density at radius 1 is 1.30 bits per heavy atom. The molecule has 162 valence electrons. The molecule has 0 saturated heterocycles. The summed E-state index contributed by atoms with van der Waals surface area (Å²) >= 11 is 0. The number of aliphatic carboxylic acids is 1. The van der Waals surface area contributed by atoms with E-state index in [9.17, 15) is 9.59 Å². The molecule has 3 N–H and O–H groups in total. The Bertz CT molecular complexity index is 830. The van der Waals surface area contributed by atoms with Gasteiger partial charge in [-0.25, -0.2) is 4.99 Å². The average Bonchev–Trinajstić information content (AvgIpc) is 2.64. The smallest absolute Gasteiger partial charge is 0.305 e. The van der Waals surface area contributed by atoms with Crippen LogP contribution in [0.15, 0.2) is 53.8 Å². The molecule has 1 fully saturated rings. The van der Waals surface area contributed by atoms with Gasteiger partial charge in [-0.1, -0.05) is 38.6 Å². The summed E-state index contributed by atoms with van der Waals surface area (Å²) < 4.78 is 0. The van der Waals surface area contributed by atoms with Gasteiger partial charge in [-0.05, 0) is 61.8 Å². The summed E-state index contributed by atoms with van der Waals surface area (Å²) in [6.45, 7) is 12.6. The topological polar surface area (TPSA) is 90.8 Å². The van der Waals surface area contributed by atoms with Crippen molar-refractivity contribution in [2.75, 3.05) is 6.54 Å². The summed E-state index contributed by atoms with van der Waals surface area (Å²) in [5, 5.41) is 14.8. The van der Waals surface area contributed by atoms with E-state index in [0.29, 0.717) is 22.7 Å². The van der Waals surface area contributed by atoms with E-state index in [1.165, 1.54) is 0 Å². The van der Waals surface area contributed by atoms with E-state index >= 15 is 0 Å². The lowest BCUT2D eigenvalue weighted by atomic mass is 9.61. The lowest BCUT2D eigenvalue weighted by Gasteiger charge is -2.47. The van der Waals surface area contributed by atoms with E-state index in [-0.39, 0.29) is 24.9 Å². The van der Waals surface area contributed by atoms with Gasteiger partial charge in [-0.2, -0.15) is 0 Å². The molecule has 1 saturated carbocycles. The number of carboxylic acids is 1. The highest BCUT2D eigenvalue weighted by Crippen LogP contribution is 2.50. The third-order valence-corrected chi connectivity index (χ3v) is 5.30. The van der Waals surface area contributed by atoms with Crippen LogP contribution in [-0.2, 0) is 4.79 Å². The van der Waals surface area contributed by atoms with E-state index in [2.05, 4.69) is 36.1 Å². The molecule has 30 heavy (non-hydrogen) atoms. The van der Waals surface area contributed by atoms with Gasteiger partial charge in [0.05, 0.1) is 12.5 Å². The van der Waals surface area contributed by atoms with Crippen molar-refractivity contribution in [3.8, 4) is 0 Å². The Labute approximate surface area is 179 Å². The zero-order valence-electron chi connectivity index (χ0n) is 18.4. The molecule has 1 aliphatic rings. The van der Waals surface area contributed by atoms with Crippen molar-refractivity contribution in [3.63, 3.8) is 0 Å². The van der Waals surface area contributed by atoms with Crippen LogP contribution >= 0.6 is 0 Å². The fourth-order valence-corrected chi connectivity index (χ4v) is 4.00. The highest BCUT2D eigenvalue weighted by molar-refractivity contribution is 5.94. The molecule has 1 aromatic rings. The molecular formula is C24H33N3O3. The maximum absolute atomic E-state index is 12.2. The zero-order valence-corrected chi connectivity index (χ0v) is 18.4. The second-order valence-corrected chi connectivity index (χ2v) is 8.68. The predicted molar refractivity (Wildman–Crippen MR) is 120 cm³/mol. The summed E-state index contributed by atoms with van der Waals surface area (Å²) in [6, 6.07) is 7.52. The van der Waals surface area contributed by atoms with E-state index in [0.717, 1.165) is 24.1 Å². The summed E-state index contributed by atoms with van der Waals surface area (Å²) in [4.78, 5) is 27.3. The number of nitrogens with one attached hydrogen (secondary N) is 2. The van der Waals surface area contributed by atoms with Crippen LogP contribution in [0.25, 0.3) is 0 Å². The standard InChI is InChI=1S/C24H33N3O3/c1-6-7-16(2)26-17(3)27-22(20-14-24(4,5)15-20)18-8-10-19(11-9-18)23(30)25-13-12-21(28)29/h6-11,20,22,27H,3,12-15H2,1-2,4-5H3,(H,25,30)(H,28,29)/b7-6-,26-16+. The van der Waals surface area contributed by atoms with E-state index in [1.807, 2.05) is 38.1 Å². The van der Waals surface area contributed by atoms with Crippen LogP contribution in [0.2, 0.25) is 0 Å². The molecule has 0 bridgehead atoms. The van der Waals surface area contributed by atoms with E-state index in [1.54, 1.807) is 12.1 Å². The molecule has 1 aromatic carbocycles. The van der Waals surface area contributed by atoms with Gasteiger partial charge in [-0.15, -0.1) is 0 Å². The molecule has 1 unspecified atom stereocenters. The molecule has 6 nitrogen and oxygen atoms in total. The van der Waals surface area contributed by atoms with Crippen molar-refractivity contribution in [1.29, 1.82) is 0 Å². The summed E-state index contributed by atoms with van der Waals surface area (Å²) in [5.41, 5.74) is 2.81. The number of allylic oxidation sites excluding steroid dienone is 2. The minimum absolute atomic E-state index is 0.0665. The second kappa shape index (κ2) is 10.2. The van der Waals surface area contributed by atoms with Gasteiger partial charge in [0.1, 0.15) is 5.82 Å². The third-order valence-electron chi connectivity index (χ3n) is 5.30. The zero-order chi connectivity index (χ0) is 22.3. The predicted octanol–water partition coefficient (Wildman–Crippen LogP) is 4.47. The van der Waals surface area contributed by atoms with Crippen LogP contribution < -0.4 is 10.6 Å². The number of hydrogen-bond donors (Lipinski definition) is 3. The summed E-state index contributed by atoms with van der Waals surface area (Å²) in [5.74, 6) is -0.122. The molecular weight excluding hydrogens is 378 g/mol. The maximum atomic E-state index is 12.2. The molecule has 0 aliphatic heterocycles. The molecule has 6 heteroatoms. The second-order valence-electron chi connectivity index (χ2n) is 8.68. The van der Waals surface area contributed by atoms with Gasteiger partial charge < -0.3 is 15.7 Å². The molecule has 0 aromatic heterocycles. The van der Waals surface area contributed by atoms with Crippen molar-refractivity contribution in [1.82, 2.24) is 10.6 Å². The van der Waals surface area contributed by atoms with Gasteiger partial charge in [0.25, 0.3) is 5.91 Å². The Morgan fingerprint density at radius 3 is 2.47 bits per heavy atom. The molecule has 0 spiro atoms. The quantitative estimate of drug-likeness (QED) is 0.496. The van der Waals surface area contributed by atoms with Gasteiger partial charge in [0, 0.05) is 17.8 Å². The Morgan fingerprint density at radius 2 is 1.93 bits per heavy atom. The SMILES string of the molecule is C=C(/N=C(C)/C=C\C)NC(c1ccc(C(=O)NCCC(=O)O)cc1)C1CC(C)(C)C1. The van der Waals surface area contributed by atoms with Crippen LogP contribution in [0.4, 0.5) is 0 Å². The van der Waals surface area contributed by atoms with E-state index in [4.69, 9.17) is 5.11 Å². The van der Waals surface area contributed by atoms with Gasteiger partial charge in [0.15, 0.2) is 0 Å². The first-order valence-corrected chi connectivity index (χ1v) is 10.3. The normalized spacial score (nSPS) is 17.3. The highest BCUT2D eigenvalue weighted by Gasteiger charge is 2.41. The lowest BCUT2D eigenvalue weighted by molar-refractivity contribution is -0.136. The number of carbonyl (C=O) groups excluding carboxylic acids is 1. The minimum Gasteiger partial charge on any atom is -0.481 e. The Hall–Kier alpha value is -2.89. The number of aliphatic imine (C=N–C) groups is 1. The minimum atomic E-state index is -0.935. The average molecular weight is 412 g/mol. The highest BCUT2D eigenvalue weighted by atomic mass is 16.4. The van der Waals surface area contributed by atoms with Crippen molar-refractivity contribution in [3.05, 3.63) is 59.9 Å². The Kier molecular flexibility index (Phi) is 7.98. The van der Waals surface area contributed by atoms with Crippen LogP contribution in [0.3, 0.4) is 0 Å². The fraction of sp³-hybridized carbons (Fsp3) is 0.458. The fourth-order valence-electron chi connectivity index (χ4n) is 4.00. The number of rotatable bonds is 10. The van der Waals surface area contributed by atoms with Crippen LogP contribution in [0.1, 0.15) is 68.9 Å². The lowest BCUT2D eigenvalue weighted by Crippen LogP contribution is -2.40. The van der Waals surface area contributed by atoms with Crippen molar-refractivity contribution < 1.29 is 14.7 Å². The molecule has 0 heterocycles. The Balaban J connectivity index is 2.12.